The molecule has 0 spiro atoms. The fraction of sp³-hybridized carbons (Fsp3) is 0.333. The first kappa shape index (κ1) is 31.7. The van der Waals surface area contributed by atoms with Gasteiger partial charge in [-0.15, -0.1) is 0 Å². The van der Waals surface area contributed by atoms with Crippen LogP contribution < -0.4 is 16.0 Å². The number of hydrogen-bond acceptors (Lipinski definition) is 3. The Labute approximate surface area is 227 Å². The lowest BCUT2D eigenvalue weighted by molar-refractivity contribution is 0.583. The van der Waals surface area contributed by atoms with Crippen molar-refractivity contribution in [3.63, 3.8) is 0 Å². The quantitative estimate of drug-likeness (QED) is 0.280. The van der Waals surface area contributed by atoms with E-state index in [-0.39, 0.29) is 5.82 Å². The van der Waals surface area contributed by atoms with Crippen LogP contribution in [0.5, 0.6) is 0 Å². The third kappa shape index (κ3) is 10.00. The van der Waals surface area contributed by atoms with E-state index in [1.54, 1.807) is 13.0 Å². The summed E-state index contributed by atoms with van der Waals surface area (Å²) in [5.41, 5.74) is 4.69. The zero-order chi connectivity index (χ0) is 27.4. The summed E-state index contributed by atoms with van der Waals surface area (Å²) in [4.78, 5) is 0. The maximum absolute atomic E-state index is 13.0. The van der Waals surface area contributed by atoms with Gasteiger partial charge < -0.3 is 16.0 Å². The zero-order valence-corrected chi connectivity index (χ0v) is 23.6. The van der Waals surface area contributed by atoms with E-state index in [2.05, 4.69) is 16.0 Å². The van der Waals surface area contributed by atoms with Gasteiger partial charge >= 0.3 is 0 Å². The van der Waals surface area contributed by atoms with E-state index in [0.717, 1.165) is 41.7 Å². The van der Waals surface area contributed by atoms with E-state index in [0.29, 0.717) is 32.9 Å². The molecule has 0 bridgehead atoms. The van der Waals surface area contributed by atoms with Crippen molar-refractivity contribution in [3.8, 4) is 0 Å². The molecule has 36 heavy (non-hydrogen) atoms. The van der Waals surface area contributed by atoms with Crippen molar-refractivity contribution in [2.75, 3.05) is 35.6 Å². The summed E-state index contributed by atoms with van der Waals surface area (Å²) in [7, 11) is 0. The van der Waals surface area contributed by atoms with Crippen LogP contribution in [0.3, 0.4) is 0 Å². The van der Waals surface area contributed by atoms with E-state index >= 15 is 0 Å². The van der Waals surface area contributed by atoms with Gasteiger partial charge in [0.15, 0.2) is 0 Å². The second-order valence-electron chi connectivity index (χ2n) is 7.83. The van der Waals surface area contributed by atoms with Crippen LogP contribution in [-0.4, -0.2) is 19.6 Å². The molecular weight excluding hydrogens is 530 g/mol. The van der Waals surface area contributed by atoms with Gasteiger partial charge in [0.25, 0.3) is 0 Å². The van der Waals surface area contributed by atoms with Crippen LogP contribution in [-0.2, 0) is 0 Å². The third-order valence-corrected chi connectivity index (χ3v) is 5.63. The molecule has 3 N–H and O–H groups in total. The van der Waals surface area contributed by atoms with Crippen molar-refractivity contribution in [2.24, 2.45) is 0 Å². The highest BCUT2D eigenvalue weighted by atomic mass is 35.5. The second-order valence-corrected chi connectivity index (χ2v) is 9.08. The molecule has 3 aromatic carbocycles. The predicted molar refractivity (Wildman–Crippen MR) is 151 cm³/mol. The number of nitrogens with one attached hydrogen (secondary N) is 3. The minimum atomic E-state index is -0.536. The van der Waals surface area contributed by atoms with Crippen LogP contribution in [0.25, 0.3) is 0 Å². The molecule has 0 aliphatic carbocycles. The number of benzene rings is 3. The van der Waals surface area contributed by atoms with E-state index in [9.17, 15) is 13.2 Å². The molecule has 0 saturated carbocycles. The summed E-state index contributed by atoms with van der Waals surface area (Å²) in [5, 5.41) is 10.9. The lowest BCUT2D eigenvalue weighted by atomic mass is 10.2. The van der Waals surface area contributed by atoms with Crippen LogP contribution >= 0.6 is 34.8 Å². The number of aryl methyl sites for hydroxylation is 3. The maximum Gasteiger partial charge on any atom is 0.149 e. The van der Waals surface area contributed by atoms with E-state index < -0.39 is 11.6 Å². The van der Waals surface area contributed by atoms with Crippen molar-refractivity contribution < 1.29 is 13.2 Å². The van der Waals surface area contributed by atoms with Crippen LogP contribution in [0.4, 0.5) is 30.2 Å². The fourth-order valence-corrected chi connectivity index (χ4v) is 4.29. The van der Waals surface area contributed by atoms with E-state index in [4.69, 9.17) is 34.8 Å². The molecule has 0 radical (unpaired) electrons. The summed E-state index contributed by atoms with van der Waals surface area (Å²) < 4.78 is 38.3. The van der Waals surface area contributed by atoms with Crippen LogP contribution in [0.1, 0.15) is 37.5 Å². The molecule has 0 atom stereocenters. The van der Waals surface area contributed by atoms with Gasteiger partial charge in [-0.1, -0.05) is 34.8 Å². The Morgan fingerprint density at radius 3 is 1.36 bits per heavy atom. The van der Waals surface area contributed by atoms with Crippen molar-refractivity contribution in [3.05, 3.63) is 85.6 Å². The lowest BCUT2D eigenvalue weighted by Gasteiger charge is -2.09. The molecule has 0 aromatic heterocycles. The first-order valence-corrected chi connectivity index (χ1v) is 12.7. The van der Waals surface area contributed by atoms with Crippen molar-refractivity contribution in [1.29, 1.82) is 0 Å². The number of hydrogen-bond donors (Lipinski definition) is 3. The van der Waals surface area contributed by atoms with Crippen LogP contribution in [0, 0.1) is 38.2 Å². The van der Waals surface area contributed by atoms with E-state index in [1.165, 1.54) is 18.2 Å². The van der Waals surface area contributed by atoms with Gasteiger partial charge in [0.05, 0.1) is 27.1 Å². The second kappa shape index (κ2) is 15.7. The average molecular weight is 563 g/mol. The molecule has 0 aliphatic rings. The number of anilines is 3. The molecule has 9 heteroatoms. The summed E-state index contributed by atoms with van der Waals surface area (Å²) in [6.45, 7) is 13.6. The Balaban J connectivity index is 0.000000270. The topological polar surface area (TPSA) is 36.1 Å². The Morgan fingerprint density at radius 2 is 0.944 bits per heavy atom. The summed E-state index contributed by atoms with van der Waals surface area (Å²) in [6.07, 6.45) is 0. The van der Waals surface area contributed by atoms with Crippen molar-refractivity contribution in [1.82, 2.24) is 0 Å². The Morgan fingerprint density at radius 1 is 0.556 bits per heavy atom. The van der Waals surface area contributed by atoms with Gasteiger partial charge in [0, 0.05) is 30.7 Å². The predicted octanol–water partition coefficient (Wildman–Crippen LogP) is 9.66. The van der Waals surface area contributed by atoms with Crippen LogP contribution in [0.2, 0.25) is 15.1 Å². The number of halogens is 6. The molecule has 3 nitrogen and oxygen atoms in total. The van der Waals surface area contributed by atoms with Gasteiger partial charge in [-0.3, -0.25) is 0 Å². The molecule has 0 saturated heterocycles. The highest BCUT2D eigenvalue weighted by Gasteiger charge is 2.07. The van der Waals surface area contributed by atoms with Gasteiger partial charge in [0.1, 0.15) is 17.5 Å². The highest BCUT2D eigenvalue weighted by Crippen LogP contribution is 2.29. The third-order valence-electron chi connectivity index (χ3n) is 4.82. The Kier molecular flexibility index (Phi) is 13.9. The molecule has 0 aliphatic heterocycles. The van der Waals surface area contributed by atoms with Gasteiger partial charge in [-0.25, -0.2) is 13.2 Å². The molecule has 0 heterocycles. The van der Waals surface area contributed by atoms with E-state index in [1.807, 2.05) is 40.7 Å². The SMILES string of the molecule is CCNc1c(C)cc(Cl)cc1Cl.CCNc1c(C)cc(F)cc1Cl.CCNc1c(C)cc(F)cc1F. The maximum atomic E-state index is 13.0. The first-order valence-electron chi connectivity index (χ1n) is 11.5. The lowest BCUT2D eigenvalue weighted by Crippen LogP contribution is -2.02. The first-order chi connectivity index (χ1) is 16.9. The standard InChI is InChI=1S/C9H11Cl2N.C9H11ClFN.C9H11F2N/c1-3-12-9-6(2)4-7(10)5-8(9)11;1-3-12-9-6(2)4-7(11)5-8(9)10;1-3-12-9-6(2)4-7(10)5-8(9)11/h3*4-5,12H,3H2,1-2H3. The molecule has 3 rings (SSSR count). The Bertz CT molecular complexity index is 930. The fourth-order valence-electron chi connectivity index (χ4n) is 3.31. The minimum absolute atomic E-state index is 0.292. The smallest absolute Gasteiger partial charge is 0.149 e. The highest BCUT2D eigenvalue weighted by molar-refractivity contribution is 6.36. The normalized spacial score (nSPS) is 10.0. The molecule has 0 amide bonds. The molecule has 0 unspecified atom stereocenters. The molecular formula is C27H33Cl3F3N3. The summed E-state index contributed by atoms with van der Waals surface area (Å²) in [6, 6.07) is 8.60. The molecule has 0 fully saturated rings. The average Bonchev–Trinajstić information content (AvgIpc) is 2.76. The minimum Gasteiger partial charge on any atom is -0.384 e. The summed E-state index contributed by atoms with van der Waals surface area (Å²) >= 11 is 17.6. The molecule has 3 aromatic rings. The van der Waals surface area contributed by atoms with Crippen molar-refractivity contribution >= 4 is 51.9 Å². The monoisotopic (exact) mass is 561 g/mol. The summed E-state index contributed by atoms with van der Waals surface area (Å²) in [5.74, 6) is -1.36. The zero-order valence-electron chi connectivity index (χ0n) is 21.4. The Hall–Kier alpha value is -2.28. The van der Waals surface area contributed by atoms with Crippen molar-refractivity contribution in [2.45, 2.75) is 41.5 Å². The number of rotatable bonds is 6. The van der Waals surface area contributed by atoms with Crippen LogP contribution in [0.15, 0.2) is 36.4 Å². The van der Waals surface area contributed by atoms with Gasteiger partial charge in [0.2, 0.25) is 0 Å². The molecule has 198 valence electrons. The largest absolute Gasteiger partial charge is 0.384 e. The van der Waals surface area contributed by atoms with Gasteiger partial charge in [-0.05, 0) is 88.6 Å². The van der Waals surface area contributed by atoms with Gasteiger partial charge in [-0.2, -0.15) is 0 Å².